The van der Waals surface area contributed by atoms with Gasteiger partial charge in [-0.2, -0.15) is 0 Å². The highest BCUT2D eigenvalue weighted by molar-refractivity contribution is 7.92. The molecule has 4 rings (SSSR count). The average Bonchev–Trinajstić information content (AvgIpc) is 2.80. The monoisotopic (exact) mass is 490 g/mol. The molecular weight excluding hydrogens is 471 g/mol. The Labute approximate surface area is 195 Å². The molecule has 0 aromatic heterocycles. The fourth-order valence-corrected chi connectivity index (χ4v) is 4.62. The van der Waals surface area contributed by atoms with Crippen LogP contribution in [0.3, 0.4) is 0 Å². The number of para-hydroxylation sites is 3. The van der Waals surface area contributed by atoms with Gasteiger partial charge in [0.05, 0.1) is 27.7 Å². The molecule has 0 aliphatic carbocycles. The third kappa shape index (κ3) is 5.04. The van der Waals surface area contributed by atoms with Crippen molar-refractivity contribution in [2.45, 2.75) is 11.0 Å². The maximum Gasteiger partial charge on any atom is 0.262 e. The number of carbonyl (C=O) groups is 1. The number of anilines is 1. The van der Waals surface area contributed by atoms with Gasteiger partial charge in [-0.25, -0.2) is 12.8 Å². The number of carbonyl (C=O) groups excluding carboxylic acids is 1. The molecule has 1 atom stereocenters. The Kier molecular flexibility index (Phi) is 6.44. The van der Waals surface area contributed by atoms with E-state index in [9.17, 15) is 17.6 Å². The Bertz CT molecular complexity index is 1300. The quantitative estimate of drug-likeness (QED) is 0.560. The second kappa shape index (κ2) is 9.29. The number of likely N-dealkylation sites (N-methyl/N-ethyl adjacent to an activating group) is 1. The van der Waals surface area contributed by atoms with Crippen molar-refractivity contribution in [1.29, 1.82) is 0 Å². The second-order valence-corrected chi connectivity index (χ2v) is 9.50. The normalized spacial score (nSPS) is 15.1. The summed E-state index contributed by atoms with van der Waals surface area (Å²) in [6.07, 6.45) is -0.415. The Balaban J connectivity index is 1.51. The Morgan fingerprint density at radius 3 is 2.58 bits per heavy atom. The first-order valence-electron chi connectivity index (χ1n) is 9.95. The average molecular weight is 491 g/mol. The number of nitrogens with zero attached hydrogens (tertiary/aromatic N) is 1. The van der Waals surface area contributed by atoms with Gasteiger partial charge in [0.2, 0.25) is 0 Å². The number of fused-ring (bicyclic) bond motifs is 1. The molecule has 0 saturated heterocycles. The lowest BCUT2D eigenvalue weighted by Gasteiger charge is -2.29. The first-order chi connectivity index (χ1) is 15.7. The number of nitrogens with one attached hydrogen (secondary N) is 1. The summed E-state index contributed by atoms with van der Waals surface area (Å²) < 4.78 is 53.2. The number of rotatable bonds is 6. The van der Waals surface area contributed by atoms with Crippen LogP contribution in [0.15, 0.2) is 71.6 Å². The van der Waals surface area contributed by atoms with Crippen molar-refractivity contribution in [3.8, 4) is 11.5 Å². The molecule has 0 bridgehead atoms. The third-order valence-electron chi connectivity index (χ3n) is 4.99. The van der Waals surface area contributed by atoms with Gasteiger partial charge in [0.15, 0.2) is 17.6 Å². The van der Waals surface area contributed by atoms with Crippen molar-refractivity contribution < 1.29 is 27.1 Å². The molecule has 1 N–H and O–H groups in total. The zero-order valence-corrected chi connectivity index (χ0v) is 19.1. The van der Waals surface area contributed by atoms with E-state index in [2.05, 4.69) is 4.72 Å². The molecule has 1 heterocycles. The van der Waals surface area contributed by atoms with Crippen molar-refractivity contribution in [3.05, 3.63) is 83.1 Å². The highest BCUT2D eigenvalue weighted by Gasteiger charge is 2.26. The minimum atomic E-state index is -4.16. The molecule has 0 saturated carbocycles. The summed E-state index contributed by atoms with van der Waals surface area (Å²) in [5.41, 5.74) is -0.208. The zero-order chi connectivity index (χ0) is 23.6. The van der Waals surface area contributed by atoms with Crippen LogP contribution in [0.4, 0.5) is 10.1 Å². The molecule has 3 aromatic carbocycles. The van der Waals surface area contributed by atoms with E-state index in [1.165, 1.54) is 35.2 Å². The molecule has 10 heteroatoms. The van der Waals surface area contributed by atoms with Crippen molar-refractivity contribution in [1.82, 2.24) is 4.90 Å². The van der Waals surface area contributed by atoms with Gasteiger partial charge in [0.25, 0.3) is 15.9 Å². The molecule has 0 fully saturated rings. The van der Waals surface area contributed by atoms with Crippen LogP contribution in [0.5, 0.6) is 11.5 Å². The fourth-order valence-electron chi connectivity index (χ4n) is 3.33. The molecule has 1 amide bonds. The summed E-state index contributed by atoms with van der Waals surface area (Å²) in [6.45, 7) is 0.442. The number of amides is 1. The van der Waals surface area contributed by atoms with Crippen molar-refractivity contribution in [3.63, 3.8) is 0 Å². The molecular formula is C23H20ClFN2O5S. The third-order valence-corrected chi connectivity index (χ3v) is 6.68. The topological polar surface area (TPSA) is 84.9 Å². The molecule has 1 aliphatic rings. The van der Waals surface area contributed by atoms with Crippen molar-refractivity contribution in [2.24, 2.45) is 0 Å². The summed E-state index contributed by atoms with van der Waals surface area (Å²) in [5.74, 6) is -0.00118. The first kappa shape index (κ1) is 22.9. The van der Waals surface area contributed by atoms with Gasteiger partial charge < -0.3 is 14.4 Å². The lowest BCUT2D eigenvalue weighted by molar-refractivity contribution is 0.0521. The second-order valence-electron chi connectivity index (χ2n) is 7.41. The predicted molar refractivity (Wildman–Crippen MR) is 122 cm³/mol. The van der Waals surface area contributed by atoms with E-state index in [-0.39, 0.29) is 34.3 Å². The number of halogens is 2. The molecule has 0 unspecified atom stereocenters. The maximum absolute atomic E-state index is 13.9. The van der Waals surface area contributed by atoms with Crippen LogP contribution in [-0.2, 0) is 10.0 Å². The van der Waals surface area contributed by atoms with E-state index in [0.717, 1.165) is 12.1 Å². The van der Waals surface area contributed by atoms with Gasteiger partial charge in [0, 0.05) is 7.05 Å². The van der Waals surface area contributed by atoms with E-state index < -0.39 is 27.9 Å². The van der Waals surface area contributed by atoms with Crippen molar-refractivity contribution >= 4 is 33.2 Å². The lowest BCUT2D eigenvalue weighted by atomic mass is 10.2. The number of ether oxygens (including phenoxy) is 2. The number of sulfonamides is 1. The van der Waals surface area contributed by atoms with E-state index >= 15 is 0 Å². The SMILES string of the molecule is CN(C[C@@H]1COc2ccccc2O1)C(=O)c1cc(S(=O)(=O)Nc2ccccc2F)ccc1Cl. The van der Waals surface area contributed by atoms with Crippen LogP contribution in [0.2, 0.25) is 5.02 Å². The molecule has 0 radical (unpaired) electrons. The van der Waals surface area contributed by atoms with E-state index in [1.54, 1.807) is 19.2 Å². The summed E-state index contributed by atoms with van der Waals surface area (Å²) in [6, 6.07) is 16.3. The van der Waals surface area contributed by atoms with Crippen molar-refractivity contribution in [2.75, 3.05) is 24.9 Å². The van der Waals surface area contributed by atoms with Gasteiger partial charge in [-0.1, -0.05) is 35.9 Å². The number of hydrogen-bond acceptors (Lipinski definition) is 5. The summed E-state index contributed by atoms with van der Waals surface area (Å²) >= 11 is 6.20. The lowest BCUT2D eigenvalue weighted by Crippen LogP contribution is -2.41. The summed E-state index contributed by atoms with van der Waals surface area (Å²) in [5, 5.41) is 0.0860. The summed E-state index contributed by atoms with van der Waals surface area (Å²) in [4.78, 5) is 14.2. The molecule has 172 valence electrons. The molecule has 0 spiro atoms. The number of benzene rings is 3. The standard InChI is InChI=1S/C23H20ClFN2O5S/c1-27(13-15-14-31-21-8-4-5-9-22(21)32-15)23(28)17-12-16(10-11-18(17)24)33(29,30)26-20-7-3-2-6-19(20)25/h2-12,15,26H,13-14H2,1H3/t15-/m1/s1. The fraction of sp³-hybridized carbons (Fsp3) is 0.174. The van der Waals surface area contributed by atoms with E-state index in [4.69, 9.17) is 21.1 Å². The van der Waals surface area contributed by atoms with Crippen LogP contribution in [0, 0.1) is 5.82 Å². The van der Waals surface area contributed by atoms with E-state index in [1.807, 2.05) is 12.1 Å². The van der Waals surface area contributed by atoms with Gasteiger partial charge in [0.1, 0.15) is 12.4 Å². The zero-order valence-electron chi connectivity index (χ0n) is 17.5. The Hall–Kier alpha value is -3.30. The number of hydrogen-bond donors (Lipinski definition) is 1. The highest BCUT2D eigenvalue weighted by atomic mass is 35.5. The Morgan fingerprint density at radius 1 is 1.12 bits per heavy atom. The molecule has 7 nitrogen and oxygen atoms in total. The molecule has 3 aromatic rings. The maximum atomic E-state index is 13.9. The van der Waals surface area contributed by atoms with Crippen LogP contribution in [0.1, 0.15) is 10.4 Å². The van der Waals surface area contributed by atoms with Gasteiger partial charge in [-0.15, -0.1) is 0 Å². The largest absolute Gasteiger partial charge is 0.486 e. The van der Waals surface area contributed by atoms with Gasteiger partial charge in [-0.3, -0.25) is 9.52 Å². The van der Waals surface area contributed by atoms with Crippen LogP contribution in [-0.4, -0.2) is 45.5 Å². The smallest absolute Gasteiger partial charge is 0.262 e. The van der Waals surface area contributed by atoms with Crippen LogP contribution >= 0.6 is 11.6 Å². The minimum Gasteiger partial charge on any atom is -0.486 e. The molecule has 33 heavy (non-hydrogen) atoms. The Morgan fingerprint density at radius 2 is 1.82 bits per heavy atom. The first-order valence-corrected chi connectivity index (χ1v) is 11.8. The van der Waals surface area contributed by atoms with E-state index in [0.29, 0.717) is 11.5 Å². The summed E-state index contributed by atoms with van der Waals surface area (Å²) in [7, 11) is -2.60. The predicted octanol–water partition coefficient (Wildman–Crippen LogP) is 4.19. The molecule has 1 aliphatic heterocycles. The van der Waals surface area contributed by atoms with Gasteiger partial charge in [-0.05, 0) is 42.5 Å². The minimum absolute atomic E-state index is 0.00676. The van der Waals surface area contributed by atoms with Crippen LogP contribution in [0.25, 0.3) is 0 Å². The highest BCUT2D eigenvalue weighted by Crippen LogP contribution is 2.31. The van der Waals surface area contributed by atoms with Gasteiger partial charge >= 0.3 is 0 Å². The van der Waals surface area contributed by atoms with Crippen LogP contribution < -0.4 is 14.2 Å².